The zero-order chi connectivity index (χ0) is 9.02. The number of rotatable bonds is 4. The highest BCUT2D eigenvalue weighted by atomic mass is 16.4. The number of nitrogens with two attached hydrogens (primary N) is 1. The second-order valence-corrected chi connectivity index (χ2v) is 2.40. The monoisotopic (exact) mass is 160 g/mol. The lowest BCUT2D eigenvalue weighted by atomic mass is 10.0. The second-order valence-electron chi connectivity index (χ2n) is 2.40. The van der Waals surface area contributed by atoms with E-state index in [0.29, 0.717) is 0 Å². The highest BCUT2D eigenvalue weighted by Gasteiger charge is 2.15. The Bertz CT molecular complexity index is 150. The molecule has 0 aromatic rings. The highest BCUT2D eigenvalue weighted by Crippen LogP contribution is 2.03. The number of carbonyl (C=O) groups excluding carboxylic acids is 1. The van der Waals surface area contributed by atoms with Crippen molar-refractivity contribution in [3.05, 3.63) is 0 Å². The van der Waals surface area contributed by atoms with E-state index in [1.54, 1.807) is 0 Å². The van der Waals surface area contributed by atoms with Gasteiger partial charge >= 0.3 is 5.97 Å². The Morgan fingerprint density at radius 1 is 1.64 bits per heavy atom. The zero-order valence-corrected chi connectivity index (χ0v) is 6.11. The third-order valence-electron chi connectivity index (χ3n) is 1.33. The van der Waals surface area contributed by atoms with E-state index in [1.165, 1.54) is 6.92 Å². The van der Waals surface area contributed by atoms with Gasteiger partial charge in [0.2, 0.25) is 0 Å². The SMILES string of the molecule is CC(CC(N)C(=O)[O-])C(=O)O. The maximum atomic E-state index is 10.2. The van der Waals surface area contributed by atoms with Crippen LogP contribution in [0.15, 0.2) is 0 Å². The normalized spacial score (nSPS) is 15.5. The van der Waals surface area contributed by atoms with Gasteiger partial charge in [-0.05, 0) is 6.42 Å². The van der Waals surface area contributed by atoms with Crippen molar-refractivity contribution in [3.63, 3.8) is 0 Å². The van der Waals surface area contributed by atoms with Gasteiger partial charge in [0, 0.05) is 6.04 Å². The van der Waals surface area contributed by atoms with Gasteiger partial charge in [-0.15, -0.1) is 0 Å². The molecule has 0 aromatic heterocycles. The zero-order valence-electron chi connectivity index (χ0n) is 6.11. The molecule has 3 N–H and O–H groups in total. The van der Waals surface area contributed by atoms with E-state index in [2.05, 4.69) is 0 Å². The molecular formula is C6H10NO4-. The molecule has 2 unspecified atom stereocenters. The summed E-state index contributed by atoms with van der Waals surface area (Å²) in [6.07, 6.45) is -0.0995. The molecule has 0 spiro atoms. The first-order valence-corrected chi connectivity index (χ1v) is 3.14. The smallest absolute Gasteiger partial charge is 0.306 e. The Kier molecular flexibility index (Phi) is 3.53. The highest BCUT2D eigenvalue weighted by molar-refractivity contribution is 5.74. The summed E-state index contributed by atoms with van der Waals surface area (Å²) in [5.41, 5.74) is 5.03. The van der Waals surface area contributed by atoms with Crippen molar-refractivity contribution in [3.8, 4) is 0 Å². The van der Waals surface area contributed by atoms with E-state index < -0.39 is 23.9 Å². The van der Waals surface area contributed by atoms with Crippen molar-refractivity contribution < 1.29 is 19.8 Å². The summed E-state index contributed by atoms with van der Waals surface area (Å²) in [5.74, 6) is -3.22. The lowest BCUT2D eigenvalue weighted by Gasteiger charge is -2.14. The molecule has 0 saturated heterocycles. The summed E-state index contributed by atoms with van der Waals surface area (Å²) in [6, 6.07) is -1.19. The number of carboxylic acid groups (broad SMARTS) is 2. The molecule has 2 atom stereocenters. The number of carbonyl (C=O) groups is 2. The van der Waals surface area contributed by atoms with E-state index in [0.717, 1.165) is 0 Å². The fourth-order valence-corrected chi connectivity index (χ4v) is 0.578. The number of hydrogen-bond donors (Lipinski definition) is 2. The molecule has 0 rings (SSSR count). The maximum absolute atomic E-state index is 10.2. The van der Waals surface area contributed by atoms with Gasteiger partial charge in [0.15, 0.2) is 0 Å². The van der Waals surface area contributed by atoms with Gasteiger partial charge in [-0.2, -0.15) is 0 Å². The lowest BCUT2D eigenvalue weighted by Crippen LogP contribution is -2.43. The van der Waals surface area contributed by atoms with Crippen LogP contribution in [-0.2, 0) is 9.59 Å². The van der Waals surface area contributed by atoms with Crippen molar-refractivity contribution in [2.45, 2.75) is 19.4 Å². The molecule has 0 aromatic carbocycles. The molecule has 0 amide bonds. The van der Waals surface area contributed by atoms with Gasteiger partial charge in [-0.25, -0.2) is 0 Å². The quantitative estimate of drug-likeness (QED) is 0.503. The number of aliphatic carboxylic acids is 2. The average molecular weight is 160 g/mol. The summed E-state index contributed by atoms with van der Waals surface area (Å²) in [6.45, 7) is 1.39. The third kappa shape index (κ3) is 3.57. The van der Waals surface area contributed by atoms with Crippen molar-refractivity contribution >= 4 is 11.9 Å². The van der Waals surface area contributed by atoms with E-state index in [4.69, 9.17) is 10.8 Å². The van der Waals surface area contributed by atoms with Crippen molar-refractivity contribution in [1.82, 2.24) is 0 Å². The second kappa shape index (κ2) is 3.92. The van der Waals surface area contributed by atoms with E-state index in [-0.39, 0.29) is 6.42 Å². The molecule has 0 radical (unpaired) electrons. The largest absolute Gasteiger partial charge is 0.548 e. The van der Waals surface area contributed by atoms with Gasteiger partial charge in [0.1, 0.15) is 0 Å². The molecular weight excluding hydrogens is 150 g/mol. The van der Waals surface area contributed by atoms with E-state index >= 15 is 0 Å². The fraction of sp³-hybridized carbons (Fsp3) is 0.667. The fourth-order valence-electron chi connectivity index (χ4n) is 0.578. The Morgan fingerprint density at radius 2 is 2.09 bits per heavy atom. The van der Waals surface area contributed by atoms with Crippen LogP contribution in [-0.4, -0.2) is 23.1 Å². The molecule has 11 heavy (non-hydrogen) atoms. The molecule has 0 saturated carbocycles. The minimum Gasteiger partial charge on any atom is -0.548 e. The van der Waals surface area contributed by atoms with Crippen LogP contribution in [0.3, 0.4) is 0 Å². The minimum atomic E-state index is -1.42. The summed E-state index contributed by atoms with van der Waals surface area (Å²) in [4.78, 5) is 20.2. The predicted molar refractivity (Wildman–Crippen MR) is 34.4 cm³/mol. The maximum Gasteiger partial charge on any atom is 0.306 e. The molecule has 0 aliphatic carbocycles. The van der Waals surface area contributed by atoms with Crippen molar-refractivity contribution in [2.75, 3.05) is 0 Å². The molecule has 0 aliphatic rings. The first-order valence-electron chi connectivity index (χ1n) is 3.14. The molecule has 0 aliphatic heterocycles. The molecule has 0 fully saturated rings. The van der Waals surface area contributed by atoms with Gasteiger partial charge in [0.25, 0.3) is 0 Å². The first-order chi connectivity index (χ1) is 4.95. The van der Waals surface area contributed by atoms with Gasteiger partial charge in [0.05, 0.1) is 11.9 Å². The summed E-state index contributed by atoms with van der Waals surface area (Å²) in [5, 5.41) is 18.4. The standard InChI is InChI=1S/C6H11NO4/c1-3(5(8)9)2-4(7)6(10)11/h3-4H,2,7H2,1H3,(H,8,9)(H,10,11)/p-1. The van der Waals surface area contributed by atoms with Gasteiger partial charge in [-0.3, -0.25) is 4.79 Å². The summed E-state index contributed by atoms with van der Waals surface area (Å²) in [7, 11) is 0. The molecule has 5 nitrogen and oxygen atoms in total. The van der Waals surface area contributed by atoms with Crippen LogP contribution in [0.4, 0.5) is 0 Å². The predicted octanol–water partition coefficient (Wildman–Crippen LogP) is -1.83. The Morgan fingerprint density at radius 3 is 2.36 bits per heavy atom. The molecule has 5 heteroatoms. The number of hydrogen-bond acceptors (Lipinski definition) is 4. The average Bonchev–Trinajstić information content (AvgIpc) is 1.87. The van der Waals surface area contributed by atoms with Crippen LogP contribution in [0.5, 0.6) is 0 Å². The van der Waals surface area contributed by atoms with Crippen LogP contribution in [0, 0.1) is 5.92 Å². The van der Waals surface area contributed by atoms with Crippen LogP contribution in [0.25, 0.3) is 0 Å². The van der Waals surface area contributed by atoms with Crippen molar-refractivity contribution in [2.24, 2.45) is 11.7 Å². The van der Waals surface area contributed by atoms with Crippen LogP contribution in [0.1, 0.15) is 13.3 Å². The molecule has 0 bridgehead atoms. The lowest BCUT2D eigenvalue weighted by molar-refractivity contribution is -0.307. The summed E-state index contributed by atoms with van der Waals surface area (Å²) < 4.78 is 0. The Balaban J connectivity index is 3.84. The topological polar surface area (TPSA) is 103 Å². The van der Waals surface area contributed by atoms with Crippen LogP contribution >= 0.6 is 0 Å². The molecule has 64 valence electrons. The summed E-state index contributed by atoms with van der Waals surface area (Å²) >= 11 is 0. The van der Waals surface area contributed by atoms with E-state index in [1.807, 2.05) is 0 Å². The van der Waals surface area contributed by atoms with E-state index in [9.17, 15) is 14.7 Å². The molecule has 0 heterocycles. The number of carboxylic acids is 2. The van der Waals surface area contributed by atoms with Crippen molar-refractivity contribution in [1.29, 1.82) is 0 Å². The minimum absolute atomic E-state index is 0.0995. The van der Waals surface area contributed by atoms with Gasteiger partial charge in [-0.1, -0.05) is 6.92 Å². The van der Waals surface area contributed by atoms with Crippen LogP contribution in [0.2, 0.25) is 0 Å². The van der Waals surface area contributed by atoms with Gasteiger partial charge < -0.3 is 20.7 Å². The Labute approximate surface area is 63.8 Å². The van der Waals surface area contributed by atoms with Crippen LogP contribution < -0.4 is 10.8 Å². The Hall–Kier alpha value is -1.10. The first kappa shape index (κ1) is 9.90. The third-order valence-corrected chi connectivity index (χ3v) is 1.33.